The van der Waals surface area contributed by atoms with Crippen LogP contribution in [-0.4, -0.2) is 43.6 Å². The molecule has 1 rings (SSSR count). The summed E-state index contributed by atoms with van der Waals surface area (Å²) in [6.07, 6.45) is -2.88. The Morgan fingerprint density at radius 2 is 1.95 bits per heavy atom. The fraction of sp³-hybridized carbons (Fsp3) is 0.467. The zero-order valence-electron chi connectivity index (χ0n) is 13.0. The Bertz CT molecular complexity index is 569. The van der Waals surface area contributed by atoms with Gasteiger partial charge in [0.25, 0.3) is 0 Å². The average molecular weight is 316 g/mol. The van der Waals surface area contributed by atoms with E-state index < -0.39 is 18.8 Å². The Morgan fingerprint density at radius 3 is 2.50 bits per heavy atom. The molecule has 0 aromatic heterocycles. The number of rotatable bonds is 5. The summed E-state index contributed by atoms with van der Waals surface area (Å²) in [7, 11) is 1.87. The first-order valence-corrected chi connectivity index (χ1v) is 6.74. The molecule has 0 spiro atoms. The van der Waals surface area contributed by atoms with Crippen LogP contribution < -0.4 is 0 Å². The molecule has 7 heteroatoms. The van der Waals surface area contributed by atoms with Crippen molar-refractivity contribution in [3.05, 3.63) is 28.8 Å². The van der Waals surface area contributed by atoms with Crippen molar-refractivity contribution in [2.75, 3.05) is 20.2 Å². The first-order valence-electron chi connectivity index (χ1n) is 6.74. The number of halogens is 3. The minimum Gasteiger partial charge on any atom is -0.452 e. The zero-order valence-corrected chi connectivity index (χ0v) is 13.0. The Morgan fingerprint density at radius 1 is 1.32 bits per heavy atom. The summed E-state index contributed by atoms with van der Waals surface area (Å²) in [6.45, 7) is 4.59. The fourth-order valence-electron chi connectivity index (χ4n) is 1.63. The number of benzene rings is 1. The molecular weight excluding hydrogens is 297 g/mol. The molecular formula is C15H19F3N2O2. The molecule has 0 N–H and O–H groups in total. The second-order valence-electron chi connectivity index (χ2n) is 4.89. The van der Waals surface area contributed by atoms with Gasteiger partial charge in [0.2, 0.25) is 0 Å². The van der Waals surface area contributed by atoms with Crippen LogP contribution in [0.4, 0.5) is 18.9 Å². The number of hydrogen-bond acceptors (Lipinski definition) is 3. The minimum absolute atomic E-state index is 0.115. The fourth-order valence-corrected chi connectivity index (χ4v) is 1.63. The predicted molar refractivity (Wildman–Crippen MR) is 78.7 cm³/mol. The van der Waals surface area contributed by atoms with E-state index in [0.29, 0.717) is 11.3 Å². The topological polar surface area (TPSA) is 41.9 Å². The third-order valence-corrected chi connectivity index (χ3v) is 3.24. The van der Waals surface area contributed by atoms with Gasteiger partial charge in [-0.15, -0.1) is 0 Å². The summed E-state index contributed by atoms with van der Waals surface area (Å²) in [4.78, 5) is 17.9. The van der Waals surface area contributed by atoms with Crippen LogP contribution in [0.5, 0.6) is 0 Å². The van der Waals surface area contributed by atoms with Gasteiger partial charge in [0.1, 0.15) is 0 Å². The summed E-state index contributed by atoms with van der Waals surface area (Å²) in [5, 5.41) is 0. The smallest absolute Gasteiger partial charge is 0.422 e. The van der Waals surface area contributed by atoms with E-state index in [2.05, 4.69) is 9.73 Å². The van der Waals surface area contributed by atoms with Crippen LogP contribution in [0.25, 0.3) is 0 Å². The van der Waals surface area contributed by atoms with E-state index in [9.17, 15) is 18.0 Å². The number of hydrogen-bond donors (Lipinski definition) is 0. The molecule has 0 radical (unpaired) electrons. The second-order valence-corrected chi connectivity index (χ2v) is 4.89. The van der Waals surface area contributed by atoms with Crippen molar-refractivity contribution in [2.24, 2.45) is 4.99 Å². The van der Waals surface area contributed by atoms with Crippen molar-refractivity contribution in [1.82, 2.24) is 4.90 Å². The van der Waals surface area contributed by atoms with E-state index in [1.165, 1.54) is 6.07 Å². The maximum atomic E-state index is 12.1. The molecule has 0 unspecified atom stereocenters. The summed E-state index contributed by atoms with van der Waals surface area (Å²) in [6, 6.07) is 3.02. The van der Waals surface area contributed by atoms with Gasteiger partial charge in [-0.25, -0.2) is 9.79 Å². The zero-order chi connectivity index (χ0) is 16.9. The molecule has 4 nitrogen and oxygen atoms in total. The van der Waals surface area contributed by atoms with Crippen LogP contribution >= 0.6 is 0 Å². The second kappa shape index (κ2) is 7.29. The number of esters is 1. The van der Waals surface area contributed by atoms with Crippen LogP contribution in [0.2, 0.25) is 0 Å². The molecule has 0 bridgehead atoms. The van der Waals surface area contributed by atoms with Gasteiger partial charge < -0.3 is 9.64 Å². The first-order chi connectivity index (χ1) is 10.2. The number of carbonyl (C=O) groups excluding carboxylic acids is 1. The van der Waals surface area contributed by atoms with Gasteiger partial charge >= 0.3 is 12.1 Å². The number of carbonyl (C=O) groups is 1. The highest BCUT2D eigenvalue weighted by molar-refractivity contribution is 5.92. The standard InChI is InChI=1S/C15H19F3N2O2/c1-5-20(4)9-19-13-7-6-12(10(2)11(13)3)14(21)22-8-15(16,17)18/h6-7,9H,5,8H2,1-4H3/b19-9+. The SMILES string of the molecule is CCN(C)/C=N/c1ccc(C(=O)OCC(F)(F)F)c(C)c1C. The normalized spacial score (nSPS) is 11.8. The lowest BCUT2D eigenvalue weighted by molar-refractivity contribution is -0.161. The Kier molecular flexibility index (Phi) is 5.96. The highest BCUT2D eigenvalue weighted by Crippen LogP contribution is 2.25. The first kappa shape index (κ1) is 18.0. The number of alkyl halides is 3. The van der Waals surface area contributed by atoms with Crippen LogP contribution in [0.3, 0.4) is 0 Å². The molecule has 0 atom stereocenters. The lowest BCUT2D eigenvalue weighted by atomic mass is 10.0. The van der Waals surface area contributed by atoms with Gasteiger partial charge in [0.05, 0.1) is 17.6 Å². The molecule has 0 amide bonds. The number of aliphatic imine (C=N–C) groups is 1. The molecule has 0 saturated carbocycles. The van der Waals surface area contributed by atoms with Gasteiger partial charge in [0, 0.05) is 13.6 Å². The summed E-state index contributed by atoms with van der Waals surface area (Å²) < 4.78 is 40.5. The van der Waals surface area contributed by atoms with E-state index in [0.717, 1.165) is 12.1 Å². The van der Waals surface area contributed by atoms with Gasteiger partial charge in [-0.2, -0.15) is 13.2 Å². The van der Waals surface area contributed by atoms with Crippen molar-refractivity contribution in [3.8, 4) is 0 Å². The third-order valence-electron chi connectivity index (χ3n) is 3.24. The summed E-state index contributed by atoms with van der Waals surface area (Å²) >= 11 is 0. The van der Waals surface area contributed by atoms with Crippen molar-refractivity contribution in [2.45, 2.75) is 26.9 Å². The van der Waals surface area contributed by atoms with Crippen LogP contribution in [0.15, 0.2) is 17.1 Å². The highest BCUT2D eigenvalue weighted by atomic mass is 19.4. The van der Waals surface area contributed by atoms with Crippen LogP contribution in [-0.2, 0) is 4.74 Å². The Hall–Kier alpha value is -2.05. The van der Waals surface area contributed by atoms with E-state index in [1.54, 1.807) is 26.3 Å². The van der Waals surface area contributed by atoms with Crippen LogP contribution in [0.1, 0.15) is 28.4 Å². The molecule has 1 aromatic rings. The van der Waals surface area contributed by atoms with Crippen molar-refractivity contribution >= 4 is 18.0 Å². The predicted octanol–water partition coefficient (Wildman–Crippen LogP) is 3.63. The molecule has 0 aliphatic rings. The van der Waals surface area contributed by atoms with Crippen LogP contribution in [0, 0.1) is 13.8 Å². The lowest BCUT2D eigenvalue weighted by Crippen LogP contribution is -2.21. The molecule has 122 valence electrons. The monoisotopic (exact) mass is 316 g/mol. The van der Waals surface area contributed by atoms with Crippen molar-refractivity contribution in [3.63, 3.8) is 0 Å². The molecule has 0 fully saturated rings. The molecule has 0 aliphatic heterocycles. The van der Waals surface area contributed by atoms with Gasteiger partial charge in [-0.1, -0.05) is 0 Å². The maximum absolute atomic E-state index is 12.1. The van der Waals surface area contributed by atoms with Crippen molar-refractivity contribution < 1.29 is 22.7 Å². The molecule has 0 aliphatic carbocycles. The Labute approximate surface area is 127 Å². The molecule has 22 heavy (non-hydrogen) atoms. The minimum atomic E-state index is -4.53. The van der Waals surface area contributed by atoms with E-state index in [4.69, 9.17) is 0 Å². The molecule has 0 saturated heterocycles. The quantitative estimate of drug-likeness (QED) is 0.473. The summed E-state index contributed by atoms with van der Waals surface area (Å²) in [5.41, 5.74) is 2.05. The van der Waals surface area contributed by atoms with E-state index >= 15 is 0 Å². The summed E-state index contributed by atoms with van der Waals surface area (Å²) in [5.74, 6) is -0.987. The maximum Gasteiger partial charge on any atom is 0.422 e. The number of nitrogens with zero attached hydrogens (tertiary/aromatic N) is 2. The van der Waals surface area contributed by atoms with Gasteiger partial charge in [-0.3, -0.25) is 0 Å². The average Bonchev–Trinajstić information content (AvgIpc) is 2.45. The molecule has 0 heterocycles. The highest BCUT2D eigenvalue weighted by Gasteiger charge is 2.30. The number of ether oxygens (including phenoxy) is 1. The largest absolute Gasteiger partial charge is 0.452 e. The van der Waals surface area contributed by atoms with Crippen molar-refractivity contribution in [1.29, 1.82) is 0 Å². The lowest BCUT2D eigenvalue weighted by Gasteiger charge is -2.13. The Balaban J connectivity index is 2.94. The van der Waals surface area contributed by atoms with Gasteiger partial charge in [-0.05, 0) is 44.0 Å². The van der Waals surface area contributed by atoms with Gasteiger partial charge in [0.15, 0.2) is 6.61 Å². The molecule has 1 aromatic carbocycles. The van der Waals surface area contributed by atoms with E-state index in [1.807, 2.05) is 18.9 Å². The van der Waals surface area contributed by atoms with E-state index in [-0.39, 0.29) is 5.56 Å². The third kappa shape index (κ3) is 5.05.